The van der Waals surface area contributed by atoms with Gasteiger partial charge in [-0.25, -0.2) is 4.79 Å². The first-order chi connectivity index (χ1) is 24.2. The molecule has 0 unspecified atom stereocenters. The van der Waals surface area contributed by atoms with Crippen molar-refractivity contribution in [3.63, 3.8) is 0 Å². The molecule has 19 heteroatoms. The van der Waals surface area contributed by atoms with Gasteiger partial charge in [0.25, 0.3) is 0 Å². The van der Waals surface area contributed by atoms with E-state index >= 15 is 0 Å². The number of carbonyl (C=O) groups is 9. The summed E-state index contributed by atoms with van der Waals surface area (Å²) in [5, 5.41) is 30.9. The third kappa shape index (κ3) is 11.6. The number of rotatable bonds is 17. The van der Waals surface area contributed by atoms with Crippen molar-refractivity contribution in [1.82, 2.24) is 36.4 Å². The highest BCUT2D eigenvalue weighted by molar-refractivity contribution is 5.98. The zero-order valence-corrected chi connectivity index (χ0v) is 30.8. The summed E-state index contributed by atoms with van der Waals surface area (Å²) in [6, 6.07) is -8.82. The normalized spacial score (nSPS) is 20.6. The molecule has 8 atom stereocenters. The molecule has 292 valence electrons. The maximum absolute atomic E-state index is 13.4. The van der Waals surface area contributed by atoms with Crippen molar-refractivity contribution in [3.05, 3.63) is 0 Å². The average Bonchev–Trinajstić information content (AvgIpc) is 3.75. The lowest BCUT2D eigenvalue weighted by Crippen LogP contribution is -2.59. The smallest absolute Gasteiger partial charge is 0.326 e. The van der Waals surface area contributed by atoms with Crippen LogP contribution < -0.4 is 32.3 Å². The van der Waals surface area contributed by atoms with Crippen molar-refractivity contribution in [2.75, 3.05) is 13.1 Å². The zero-order valence-electron chi connectivity index (χ0n) is 30.8. The molecule has 7 amide bonds. The van der Waals surface area contributed by atoms with E-state index in [0.717, 1.165) is 0 Å². The molecule has 2 fully saturated rings. The summed E-state index contributed by atoms with van der Waals surface area (Å²) in [6.45, 7) is 11.3. The number of carbonyl (C=O) groups excluding carboxylic acids is 7. The molecule has 2 heterocycles. The first-order valence-corrected chi connectivity index (χ1v) is 17.5. The second kappa shape index (κ2) is 19.1. The van der Waals surface area contributed by atoms with Gasteiger partial charge in [0.05, 0.1) is 12.5 Å². The van der Waals surface area contributed by atoms with Gasteiger partial charge >= 0.3 is 11.9 Å². The second-order valence-corrected chi connectivity index (χ2v) is 14.1. The lowest BCUT2D eigenvalue weighted by molar-refractivity contribution is -0.144. The number of hydrogen-bond acceptors (Lipinski definition) is 10. The highest BCUT2D eigenvalue weighted by Crippen LogP contribution is 2.21. The maximum atomic E-state index is 13.4. The number of nitrogens with two attached hydrogens (primary N) is 1. The van der Waals surface area contributed by atoms with Crippen LogP contribution in [0.25, 0.3) is 0 Å². The minimum Gasteiger partial charge on any atom is -0.481 e. The molecule has 0 aromatic carbocycles. The summed E-state index contributed by atoms with van der Waals surface area (Å²) in [4.78, 5) is 116. The van der Waals surface area contributed by atoms with Gasteiger partial charge in [-0.3, -0.25) is 38.4 Å². The van der Waals surface area contributed by atoms with Crippen LogP contribution in [0.15, 0.2) is 0 Å². The van der Waals surface area contributed by atoms with Gasteiger partial charge in [-0.1, -0.05) is 27.7 Å². The average molecular weight is 739 g/mol. The van der Waals surface area contributed by atoms with E-state index in [-0.39, 0.29) is 19.5 Å². The van der Waals surface area contributed by atoms with Gasteiger partial charge in [-0.2, -0.15) is 0 Å². The molecule has 0 aliphatic carbocycles. The molecule has 2 aliphatic heterocycles. The van der Waals surface area contributed by atoms with Crippen molar-refractivity contribution in [2.45, 2.75) is 129 Å². The number of nitrogens with zero attached hydrogens (tertiary/aromatic N) is 2. The zero-order chi connectivity index (χ0) is 39.6. The van der Waals surface area contributed by atoms with Gasteiger partial charge in [0.15, 0.2) is 0 Å². The molecule has 0 aromatic rings. The summed E-state index contributed by atoms with van der Waals surface area (Å²) in [7, 11) is 0. The highest BCUT2D eigenvalue weighted by atomic mass is 16.4. The van der Waals surface area contributed by atoms with Crippen molar-refractivity contribution < 1.29 is 53.4 Å². The minimum absolute atomic E-state index is 0.207. The monoisotopic (exact) mass is 738 g/mol. The Balaban J connectivity index is 1.99. The summed E-state index contributed by atoms with van der Waals surface area (Å²) < 4.78 is 0. The lowest BCUT2D eigenvalue weighted by Gasteiger charge is -2.30. The second-order valence-electron chi connectivity index (χ2n) is 14.1. The molecule has 19 nitrogen and oxygen atoms in total. The van der Waals surface area contributed by atoms with E-state index in [4.69, 9.17) is 10.8 Å². The molecule has 52 heavy (non-hydrogen) atoms. The number of likely N-dealkylation sites (tertiary alicyclic amines) is 2. The van der Waals surface area contributed by atoms with Crippen LogP contribution in [-0.4, -0.2) is 135 Å². The predicted molar refractivity (Wildman–Crippen MR) is 184 cm³/mol. The minimum atomic E-state index is -1.37. The molecule has 0 saturated carbocycles. The van der Waals surface area contributed by atoms with Crippen LogP contribution in [0.5, 0.6) is 0 Å². The number of nitrogens with one attached hydrogen (secondary N) is 5. The van der Waals surface area contributed by atoms with Crippen molar-refractivity contribution in [2.24, 2.45) is 17.6 Å². The van der Waals surface area contributed by atoms with E-state index in [1.807, 2.05) is 0 Å². The van der Waals surface area contributed by atoms with Gasteiger partial charge in [0.1, 0.15) is 42.3 Å². The van der Waals surface area contributed by atoms with Crippen LogP contribution in [0.3, 0.4) is 0 Å². The first-order valence-electron chi connectivity index (χ1n) is 17.5. The molecule has 0 spiro atoms. The largest absolute Gasteiger partial charge is 0.481 e. The first kappa shape index (κ1) is 43.4. The molecule has 0 bridgehead atoms. The van der Waals surface area contributed by atoms with Gasteiger partial charge in [-0.15, -0.1) is 0 Å². The summed E-state index contributed by atoms with van der Waals surface area (Å²) in [6.07, 6.45) is 0.917. The standard InChI is InChI=1S/C33H54N8O11/c1-15(2)24(30(48)39-25(16(3)4)33(51)52)38-29(47)22-11-9-13-41(22)31(49)18(6)36-26(44)17(5)35-28(46)21-10-8-12-40(21)32(50)19(7)37-27(45)20(34)14-23(42)43/h15-22,24-25H,8-14,34H2,1-7H3,(H,35,46)(H,36,44)(H,37,45)(H,38,47)(H,39,48)(H,42,43)(H,51,52)/t17-,18-,19-,20-,21-,22-,24-,25-/m0/s1. The fourth-order valence-corrected chi connectivity index (χ4v) is 6.08. The van der Waals surface area contributed by atoms with Crippen molar-refractivity contribution in [3.8, 4) is 0 Å². The van der Waals surface area contributed by atoms with Gasteiger partial charge in [-0.05, 0) is 58.3 Å². The number of amides is 7. The van der Waals surface area contributed by atoms with Gasteiger partial charge in [0, 0.05) is 13.1 Å². The number of carboxylic acid groups (broad SMARTS) is 2. The SMILES string of the molecule is CC(C)[C@H](NC(=O)[C@@H](NC(=O)[C@@H]1CCCN1C(=O)[C@H](C)NC(=O)[C@H](C)NC(=O)[C@@H]1CCCN1C(=O)[C@H](C)NC(=O)[C@@H](N)CC(=O)O)C(C)C)C(=O)O. The van der Waals surface area contributed by atoms with Crippen LogP contribution in [-0.2, 0) is 43.2 Å². The van der Waals surface area contributed by atoms with Gasteiger partial charge in [0.2, 0.25) is 41.4 Å². The number of aliphatic carboxylic acids is 2. The quantitative estimate of drug-likeness (QED) is 0.0779. The van der Waals surface area contributed by atoms with Crippen molar-refractivity contribution in [1.29, 1.82) is 0 Å². The third-order valence-corrected chi connectivity index (χ3v) is 9.10. The Morgan fingerprint density at radius 2 is 1.04 bits per heavy atom. The summed E-state index contributed by atoms with van der Waals surface area (Å²) in [5.74, 6) is -7.87. The molecule has 2 aliphatic rings. The number of hydrogen-bond donors (Lipinski definition) is 8. The Kier molecular flexibility index (Phi) is 16.0. The fraction of sp³-hybridized carbons (Fsp3) is 0.727. The Morgan fingerprint density at radius 3 is 1.46 bits per heavy atom. The van der Waals surface area contributed by atoms with E-state index in [1.54, 1.807) is 27.7 Å². The van der Waals surface area contributed by atoms with E-state index < -0.39 is 120 Å². The van der Waals surface area contributed by atoms with Crippen molar-refractivity contribution >= 4 is 53.3 Å². The van der Waals surface area contributed by atoms with Gasteiger partial charge < -0.3 is 52.3 Å². The third-order valence-electron chi connectivity index (χ3n) is 9.10. The maximum Gasteiger partial charge on any atom is 0.326 e. The lowest BCUT2D eigenvalue weighted by atomic mass is 9.99. The fourth-order valence-electron chi connectivity index (χ4n) is 6.08. The van der Waals surface area contributed by atoms with E-state index in [2.05, 4.69) is 26.6 Å². The Hall–Kier alpha value is -4.81. The van der Waals surface area contributed by atoms with Crippen LogP contribution in [0, 0.1) is 11.8 Å². The van der Waals surface area contributed by atoms with Crippen LogP contribution in [0.1, 0.15) is 80.6 Å². The highest BCUT2D eigenvalue weighted by Gasteiger charge is 2.40. The van der Waals surface area contributed by atoms with E-state index in [1.165, 1.54) is 30.6 Å². The molecule has 9 N–H and O–H groups in total. The molecule has 0 aromatic heterocycles. The molecular formula is C33H54N8O11. The Bertz CT molecular complexity index is 1390. The van der Waals surface area contributed by atoms with E-state index in [0.29, 0.717) is 19.3 Å². The molecule has 0 radical (unpaired) electrons. The van der Waals surface area contributed by atoms with Crippen LogP contribution in [0.2, 0.25) is 0 Å². The summed E-state index contributed by atoms with van der Waals surface area (Å²) in [5.41, 5.74) is 5.56. The topological polar surface area (TPSA) is 287 Å². The molecule has 2 rings (SSSR count). The Labute approximate surface area is 302 Å². The summed E-state index contributed by atoms with van der Waals surface area (Å²) >= 11 is 0. The molecule has 2 saturated heterocycles. The molecular weight excluding hydrogens is 684 g/mol. The predicted octanol–water partition coefficient (Wildman–Crippen LogP) is -2.35. The Morgan fingerprint density at radius 1 is 0.596 bits per heavy atom. The number of carboxylic acids is 2. The van der Waals surface area contributed by atoms with Crippen LogP contribution >= 0.6 is 0 Å². The van der Waals surface area contributed by atoms with Crippen LogP contribution in [0.4, 0.5) is 0 Å². The van der Waals surface area contributed by atoms with E-state index in [9.17, 15) is 48.3 Å².